The van der Waals surface area contributed by atoms with E-state index in [0.29, 0.717) is 15.2 Å². The van der Waals surface area contributed by atoms with Gasteiger partial charge in [-0.25, -0.2) is 4.39 Å². The average Bonchev–Trinajstić information content (AvgIpc) is 2.42. The smallest absolute Gasteiger partial charge is 0.257 e. The number of carbonyl (C=O) groups is 1. The number of halogens is 3. The standard InChI is InChI=1S/C13H10BrClFN3O/c14-9-6-7(4-5-10(9)15)18-13(20)8-2-1-3-11(16)12(8)19-17/h1-6,19H,17H2,(H,18,20). The summed E-state index contributed by atoms with van der Waals surface area (Å²) in [5, 5.41) is 3.16. The number of hydrogen-bond acceptors (Lipinski definition) is 3. The normalized spacial score (nSPS) is 10.2. The summed E-state index contributed by atoms with van der Waals surface area (Å²) in [6, 6.07) is 9.04. The molecule has 2 aromatic rings. The molecule has 7 heteroatoms. The fraction of sp³-hybridized carbons (Fsp3) is 0. The summed E-state index contributed by atoms with van der Waals surface area (Å²) in [6.45, 7) is 0. The monoisotopic (exact) mass is 357 g/mol. The average molecular weight is 359 g/mol. The summed E-state index contributed by atoms with van der Waals surface area (Å²) in [5.74, 6) is 4.15. The van der Waals surface area contributed by atoms with Crippen LogP contribution in [-0.2, 0) is 0 Å². The molecule has 4 nitrogen and oxygen atoms in total. The maximum Gasteiger partial charge on any atom is 0.257 e. The zero-order valence-electron chi connectivity index (χ0n) is 10.1. The first kappa shape index (κ1) is 14.8. The molecule has 0 heterocycles. The second kappa shape index (κ2) is 6.21. The highest BCUT2D eigenvalue weighted by molar-refractivity contribution is 9.10. The van der Waals surface area contributed by atoms with E-state index in [0.717, 1.165) is 0 Å². The Morgan fingerprint density at radius 1 is 1.30 bits per heavy atom. The Morgan fingerprint density at radius 3 is 2.70 bits per heavy atom. The molecule has 4 N–H and O–H groups in total. The Hall–Kier alpha value is -1.63. The Labute approximate surface area is 128 Å². The number of benzene rings is 2. The van der Waals surface area contributed by atoms with Gasteiger partial charge in [0.2, 0.25) is 0 Å². The van der Waals surface area contributed by atoms with Gasteiger partial charge in [0.15, 0.2) is 0 Å². The van der Waals surface area contributed by atoms with E-state index in [-0.39, 0.29) is 11.3 Å². The van der Waals surface area contributed by atoms with Crippen LogP contribution in [0.15, 0.2) is 40.9 Å². The number of hydrogen-bond donors (Lipinski definition) is 3. The third-order valence-corrected chi connectivity index (χ3v) is 3.79. The van der Waals surface area contributed by atoms with Crippen molar-refractivity contribution in [2.45, 2.75) is 0 Å². The van der Waals surface area contributed by atoms with Crippen molar-refractivity contribution in [3.8, 4) is 0 Å². The van der Waals surface area contributed by atoms with Gasteiger partial charge in [-0.3, -0.25) is 10.6 Å². The Kier molecular flexibility index (Phi) is 4.59. The third-order valence-electron chi connectivity index (χ3n) is 2.58. The number of nitrogens with two attached hydrogens (primary N) is 1. The first-order chi connectivity index (χ1) is 9.52. The fourth-order valence-corrected chi connectivity index (χ4v) is 2.13. The molecular weight excluding hydrogens is 349 g/mol. The van der Waals surface area contributed by atoms with Gasteiger partial charge < -0.3 is 10.7 Å². The highest BCUT2D eigenvalue weighted by Gasteiger charge is 2.14. The van der Waals surface area contributed by atoms with Gasteiger partial charge in [-0.1, -0.05) is 17.7 Å². The van der Waals surface area contributed by atoms with Crippen LogP contribution < -0.4 is 16.6 Å². The summed E-state index contributed by atoms with van der Waals surface area (Å²) in [6.07, 6.45) is 0. The lowest BCUT2D eigenvalue weighted by molar-refractivity contribution is 0.102. The SMILES string of the molecule is NNc1c(F)cccc1C(=O)Nc1ccc(Cl)c(Br)c1. The van der Waals surface area contributed by atoms with E-state index in [1.54, 1.807) is 18.2 Å². The molecule has 0 bridgehead atoms. The van der Waals surface area contributed by atoms with E-state index in [9.17, 15) is 9.18 Å². The molecule has 0 unspecified atom stereocenters. The van der Waals surface area contributed by atoms with Crippen LogP contribution in [0.5, 0.6) is 0 Å². The van der Waals surface area contributed by atoms with Gasteiger partial charge in [-0.2, -0.15) is 0 Å². The van der Waals surface area contributed by atoms with Gasteiger partial charge in [-0.15, -0.1) is 0 Å². The molecule has 1 amide bonds. The lowest BCUT2D eigenvalue weighted by Crippen LogP contribution is -2.18. The second-order valence-corrected chi connectivity index (χ2v) is 5.15. The van der Waals surface area contributed by atoms with Crippen LogP contribution in [0, 0.1) is 5.82 Å². The van der Waals surface area contributed by atoms with Crippen LogP contribution in [0.4, 0.5) is 15.8 Å². The molecule has 0 aliphatic heterocycles. The number of nitrogens with one attached hydrogen (secondary N) is 2. The minimum atomic E-state index is -0.600. The van der Waals surface area contributed by atoms with Crippen molar-refractivity contribution >= 4 is 44.8 Å². The minimum Gasteiger partial charge on any atom is -0.322 e. The lowest BCUT2D eigenvalue weighted by Gasteiger charge is -2.11. The van der Waals surface area contributed by atoms with Gasteiger partial charge in [0.25, 0.3) is 5.91 Å². The molecule has 2 aromatic carbocycles. The molecular formula is C13H10BrClFN3O. The molecule has 0 aliphatic rings. The van der Waals surface area contributed by atoms with E-state index >= 15 is 0 Å². The Bertz CT molecular complexity index is 666. The van der Waals surface area contributed by atoms with E-state index in [4.69, 9.17) is 17.4 Å². The zero-order chi connectivity index (χ0) is 14.7. The third kappa shape index (κ3) is 3.09. The molecule has 0 atom stereocenters. The molecule has 0 spiro atoms. The number of anilines is 2. The molecule has 104 valence electrons. The van der Waals surface area contributed by atoms with Crippen molar-refractivity contribution in [3.05, 3.63) is 57.3 Å². The van der Waals surface area contributed by atoms with E-state index in [2.05, 4.69) is 26.7 Å². The summed E-state index contributed by atoms with van der Waals surface area (Å²) in [7, 11) is 0. The molecule has 2 rings (SSSR count). The summed E-state index contributed by atoms with van der Waals surface area (Å²) < 4.78 is 14.2. The minimum absolute atomic E-state index is 0.0574. The number of rotatable bonds is 3. The van der Waals surface area contributed by atoms with E-state index in [1.807, 2.05) is 0 Å². The molecule has 0 aliphatic carbocycles. The molecule has 0 saturated carbocycles. The number of nitrogen functional groups attached to an aromatic ring is 1. The Morgan fingerprint density at radius 2 is 2.05 bits per heavy atom. The maximum atomic E-state index is 13.5. The highest BCUT2D eigenvalue weighted by atomic mass is 79.9. The van der Waals surface area contributed by atoms with Gasteiger partial charge in [0.1, 0.15) is 5.82 Å². The molecule has 0 fully saturated rings. The topological polar surface area (TPSA) is 67.1 Å². The van der Waals surface area contributed by atoms with Gasteiger partial charge >= 0.3 is 0 Å². The number of amides is 1. The van der Waals surface area contributed by atoms with Crippen molar-refractivity contribution in [3.63, 3.8) is 0 Å². The molecule has 20 heavy (non-hydrogen) atoms. The first-order valence-corrected chi connectivity index (χ1v) is 6.71. The van der Waals surface area contributed by atoms with Gasteiger partial charge in [0, 0.05) is 10.2 Å². The van der Waals surface area contributed by atoms with E-state index in [1.165, 1.54) is 18.2 Å². The van der Waals surface area contributed by atoms with Crippen molar-refractivity contribution in [2.75, 3.05) is 10.7 Å². The Balaban J connectivity index is 2.28. The predicted molar refractivity (Wildman–Crippen MR) is 81.3 cm³/mol. The summed E-state index contributed by atoms with van der Waals surface area (Å²) in [4.78, 5) is 12.1. The quantitative estimate of drug-likeness (QED) is 0.578. The lowest BCUT2D eigenvalue weighted by atomic mass is 10.1. The highest BCUT2D eigenvalue weighted by Crippen LogP contribution is 2.26. The summed E-state index contributed by atoms with van der Waals surface area (Å²) >= 11 is 9.12. The number of hydrazine groups is 1. The zero-order valence-corrected chi connectivity index (χ0v) is 12.4. The molecule has 0 aromatic heterocycles. The van der Waals surface area contributed by atoms with Crippen LogP contribution >= 0.6 is 27.5 Å². The largest absolute Gasteiger partial charge is 0.322 e. The van der Waals surface area contributed by atoms with Crippen LogP contribution in [0.2, 0.25) is 5.02 Å². The van der Waals surface area contributed by atoms with Crippen molar-refractivity contribution in [2.24, 2.45) is 5.84 Å². The van der Waals surface area contributed by atoms with Gasteiger partial charge in [0.05, 0.1) is 16.3 Å². The number of carbonyl (C=O) groups excluding carboxylic acids is 1. The van der Waals surface area contributed by atoms with E-state index < -0.39 is 11.7 Å². The van der Waals surface area contributed by atoms with Crippen molar-refractivity contribution in [1.29, 1.82) is 0 Å². The second-order valence-electron chi connectivity index (χ2n) is 3.89. The van der Waals surface area contributed by atoms with Crippen LogP contribution in [-0.4, -0.2) is 5.91 Å². The molecule has 0 saturated heterocycles. The predicted octanol–water partition coefficient (Wildman–Crippen LogP) is 3.78. The van der Waals surface area contributed by atoms with Crippen LogP contribution in [0.1, 0.15) is 10.4 Å². The maximum absolute atomic E-state index is 13.5. The number of para-hydroxylation sites is 1. The van der Waals surface area contributed by atoms with Crippen molar-refractivity contribution < 1.29 is 9.18 Å². The van der Waals surface area contributed by atoms with Crippen LogP contribution in [0.3, 0.4) is 0 Å². The molecule has 0 radical (unpaired) electrons. The summed E-state index contributed by atoms with van der Waals surface area (Å²) in [5.41, 5.74) is 2.76. The first-order valence-electron chi connectivity index (χ1n) is 5.54. The fourth-order valence-electron chi connectivity index (χ4n) is 1.63. The van der Waals surface area contributed by atoms with Crippen molar-refractivity contribution in [1.82, 2.24) is 0 Å². The van der Waals surface area contributed by atoms with Gasteiger partial charge in [-0.05, 0) is 46.3 Å². The van der Waals surface area contributed by atoms with Crippen LogP contribution in [0.25, 0.3) is 0 Å².